The normalized spacial score (nSPS) is 12.4. The summed E-state index contributed by atoms with van der Waals surface area (Å²) in [7, 11) is 0. The van der Waals surface area contributed by atoms with Gasteiger partial charge in [0.15, 0.2) is 6.10 Å². The van der Waals surface area contributed by atoms with Crippen LogP contribution in [0.4, 0.5) is 0 Å². The smallest absolute Gasteiger partial charge is 0.343 e. The van der Waals surface area contributed by atoms with Crippen molar-refractivity contribution in [1.29, 1.82) is 0 Å². The van der Waals surface area contributed by atoms with Crippen LogP contribution in [-0.4, -0.2) is 34.2 Å². The minimum absolute atomic E-state index is 0.543. The van der Waals surface area contributed by atoms with Crippen molar-refractivity contribution in [2.24, 2.45) is 5.41 Å². The minimum atomic E-state index is -1.83. The third-order valence-electron chi connectivity index (χ3n) is 13.0. The quantitative estimate of drug-likeness (QED) is 0.0274. The van der Waals surface area contributed by atoms with Gasteiger partial charge < -0.3 is 14.9 Å². The van der Waals surface area contributed by atoms with Gasteiger partial charge in [-0.3, -0.25) is 9.59 Å². The number of hydrogen-bond acceptors (Lipinski definition) is 5. The van der Waals surface area contributed by atoms with E-state index in [1.54, 1.807) is 0 Å². The molecule has 0 aliphatic rings. The van der Waals surface area contributed by atoms with Gasteiger partial charge in [0, 0.05) is 0 Å². The first-order valence-electron chi connectivity index (χ1n) is 26.6. The number of aliphatic carboxylic acids is 1. The monoisotopic (exact) mass is 847 g/mol. The third-order valence-corrected chi connectivity index (χ3v) is 13.0. The van der Waals surface area contributed by atoms with Crippen molar-refractivity contribution in [3.63, 3.8) is 0 Å². The van der Waals surface area contributed by atoms with Crippen LogP contribution < -0.4 is 0 Å². The number of carboxylic acid groups (broad SMARTS) is 1. The SMILES string of the molecule is CCCCCCCC/C=C\CCCCCCC(CCCCCCCCCCCCCCCC)(CCCCCCCCCCCCCCCC)C(=O)OC(=O)C(O)CC(=O)O. The first-order valence-corrected chi connectivity index (χ1v) is 26.6. The average molecular weight is 847 g/mol. The number of unbranched alkanes of at least 4 members (excludes halogenated alkanes) is 36. The van der Waals surface area contributed by atoms with Crippen molar-refractivity contribution in [3.05, 3.63) is 12.2 Å². The predicted molar refractivity (Wildman–Crippen MR) is 256 cm³/mol. The molecule has 354 valence electrons. The maximum Gasteiger partial charge on any atom is 0.343 e. The highest BCUT2D eigenvalue weighted by Gasteiger charge is 2.40. The van der Waals surface area contributed by atoms with E-state index in [1.165, 1.54) is 186 Å². The van der Waals surface area contributed by atoms with Crippen LogP contribution in [-0.2, 0) is 19.1 Å². The molecule has 0 heterocycles. The first-order chi connectivity index (χ1) is 29.3. The molecule has 1 atom stereocenters. The van der Waals surface area contributed by atoms with Crippen molar-refractivity contribution in [3.8, 4) is 0 Å². The zero-order chi connectivity index (χ0) is 44.0. The lowest BCUT2D eigenvalue weighted by atomic mass is 9.74. The third kappa shape index (κ3) is 38.0. The Hall–Kier alpha value is -1.69. The van der Waals surface area contributed by atoms with Gasteiger partial charge in [-0.05, 0) is 44.9 Å². The maximum atomic E-state index is 14.0. The number of aliphatic hydroxyl groups is 1. The van der Waals surface area contributed by atoms with Crippen molar-refractivity contribution in [2.45, 2.75) is 309 Å². The molecule has 2 N–H and O–H groups in total. The molecule has 6 heteroatoms. The first kappa shape index (κ1) is 58.3. The van der Waals surface area contributed by atoms with Crippen LogP contribution in [0, 0.1) is 5.41 Å². The van der Waals surface area contributed by atoms with Crippen LogP contribution in [0.15, 0.2) is 12.2 Å². The second kappa shape index (κ2) is 45.3. The molecule has 0 aromatic rings. The van der Waals surface area contributed by atoms with Crippen LogP contribution in [0.1, 0.15) is 303 Å². The van der Waals surface area contributed by atoms with Gasteiger partial charge in [-0.25, -0.2) is 4.79 Å². The van der Waals surface area contributed by atoms with Gasteiger partial charge in [0.05, 0.1) is 11.8 Å². The highest BCUT2D eigenvalue weighted by atomic mass is 16.6. The molecule has 0 amide bonds. The number of carbonyl (C=O) groups is 3. The number of esters is 2. The number of allylic oxidation sites excluding steroid dienone is 2. The Bertz CT molecular complexity index is 943. The van der Waals surface area contributed by atoms with Crippen molar-refractivity contribution in [2.75, 3.05) is 0 Å². The second-order valence-corrected chi connectivity index (χ2v) is 18.8. The van der Waals surface area contributed by atoms with E-state index < -0.39 is 35.8 Å². The van der Waals surface area contributed by atoms with Crippen LogP contribution >= 0.6 is 0 Å². The topological polar surface area (TPSA) is 101 Å². The Morgan fingerprint density at radius 2 is 0.667 bits per heavy atom. The maximum absolute atomic E-state index is 14.0. The fourth-order valence-electron chi connectivity index (χ4n) is 8.87. The number of ether oxygens (including phenoxy) is 1. The molecule has 0 saturated carbocycles. The zero-order valence-electron chi connectivity index (χ0n) is 40.4. The molecule has 1 unspecified atom stereocenters. The Morgan fingerprint density at radius 3 is 0.933 bits per heavy atom. The summed E-state index contributed by atoms with van der Waals surface area (Å²) < 4.78 is 5.39. The van der Waals surface area contributed by atoms with Crippen LogP contribution in [0.2, 0.25) is 0 Å². The molecular weight excluding hydrogens is 745 g/mol. The molecule has 0 aliphatic carbocycles. The summed E-state index contributed by atoms with van der Waals surface area (Å²) in [6.07, 6.45) is 54.2. The summed E-state index contributed by atoms with van der Waals surface area (Å²) in [4.78, 5) is 38.0. The minimum Gasteiger partial charge on any atom is -0.481 e. The number of rotatable bonds is 48. The van der Waals surface area contributed by atoms with E-state index in [2.05, 4.69) is 32.9 Å². The molecule has 0 aliphatic heterocycles. The Balaban J connectivity index is 5.17. The van der Waals surface area contributed by atoms with Gasteiger partial charge in [0.25, 0.3) is 0 Å². The number of hydrogen-bond donors (Lipinski definition) is 2. The highest BCUT2D eigenvalue weighted by Crippen LogP contribution is 2.39. The predicted octanol–water partition coefficient (Wildman–Crippen LogP) is 17.3. The van der Waals surface area contributed by atoms with E-state index in [0.29, 0.717) is 19.3 Å². The number of aliphatic hydroxyl groups excluding tert-OH is 1. The number of carbonyl (C=O) groups excluding carboxylic acids is 2. The summed E-state index contributed by atoms with van der Waals surface area (Å²) in [5, 5.41) is 19.4. The molecule has 0 aromatic carbocycles. The van der Waals surface area contributed by atoms with E-state index in [0.717, 1.165) is 70.6 Å². The average Bonchev–Trinajstić information content (AvgIpc) is 3.23. The highest BCUT2D eigenvalue weighted by molar-refractivity contribution is 5.92. The van der Waals surface area contributed by atoms with Gasteiger partial charge >= 0.3 is 17.9 Å². The van der Waals surface area contributed by atoms with E-state index >= 15 is 0 Å². The lowest BCUT2D eigenvalue weighted by molar-refractivity contribution is -0.175. The fourth-order valence-corrected chi connectivity index (χ4v) is 8.87. The molecule has 0 radical (unpaired) electrons. The van der Waals surface area contributed by atoms with Crippen LogP contribution in [0.3, 0.4) is 0 Å². The van der Waals surface area contributed by atoms with Gasteiger partial charge in [-0.15, -0.1) is 0 Å². The standard InChI is InChI=1S/C54H102O6/c1-4-7-10-13-16-19-22-25-28-31-34-37-40-43-46-54(53(59)60-52(58)50(55)49-51(56)57,47-44-41-38-35-32-29-26-23-20-17-14-11-8-5-2)48-45-42-39-36-33-30-27-24-21-18-15-12-9-6-3/h25,28,50,55H,4-24,26-27,29-49H2,1-3H3,(H,56,57)/b28-25-. The Kier molecular flexibility index (Phi) is 44.1. The second-order valence-electron chi connectivity index (χ2n) is 18.8. The molecular formula is C54H102O6. The van der Waals surface area contributed by atoms with E-state index in [1.807, 2.05) is 0 Å². The van der Waals surface area contributed by atoms with E-state index in [9.17, 15) is 19.5 Å². The van der Waals surface area contributed by atoms with Gasteiger partial charge in [-0.2, -0.15) is 0 Å². The van der Waals surface area contributed by atoms with Crippen LogP contribution in [0.25, 0.3) is 0 Å². The van der Waals surface area contributed by atoms with Crippen molar-refractivity contribution >= 4 is 17.9 Å². The summed E-state index contributed by atoms with van der Waals surface area (Å²) in [5.74, 6) is -2.96. The van der Waals surface area contributed by atoms with E-state index in [-0.39, 0.29) is 0 Å². The van der Waals surface area contributed by atoms with Crippen molar-refractivity contribution < 1.29 is 29.3 Å². The molecule has 0 saturated heterocycles. The number of carboxylic acids is 1. The summed E-state index contributed by atoms with van der Waals surface area (Å²) in [6.45, 7) is 6.80. The molecule has 0 bridgehead atoms. The van der Waals surface area contributed by atoms with Crippen LogP contribution in [0.5, 0.6) is 0 Å². The Morgan fingerprint density at radius 1 is 0.417 bits per heavy atom. The Labute approximate surface area is 373 Å². The molecule has 0 fully saturated rings. The molecule has 0 aromatic heterocycles. The molecule has 6 nitrogen and oxygen atoms in total. The summed E-state index contributed by atoms with van der Waals surface area (Å²) in [5.41, 5.74) is -0.774. The zero-order valence-corrected chi connectivity index (χ0v) is 40.4. The lowest BCUT2D eigenvalue weighted by Crippen LogP contribution is -2.38. The largest absolute Gasteiger partial charge is 0.481 e. The van der Waals surface area contributed by atoms with Gasteiger partial charge in [-0.1, -0.05) is 264 Å². The summed E-state index contributed by atoms with van der Waals surface area (Å²) in [6, 6.07) is 0. The van der Waals surface area contributed by atoms with Crippen molar-refractivity contribution in [1.82, 2.24) is 0 Å². The molecule has 0 rings (SSSR count). The van der Waals surface area contributed by atoms with Gasteiger partial charge in [0.2, 0.25) is 0 Å². The molecule has 60 heavy (non-hydrogen) atoms. The summed E-state index contributed by atoms with van der Waals surface area (Å²) >= 11 is 0. The van der Waals surface area contributed by atoms with E-state index in [4.69, 9.17) is 9.84 Å². The molecule has 0 spiro atoms. The lowest BCUT2D eigenvalue weighted by Gasteiger charge is -2.32. The fraction of sp³-hybridized carbons (Fsp3) is 0.907. The van der Waals surface area contributed by atoms with Gasteiger partial charge in [0.1, 0.15) is 0 Å².